The molecule has 3 nitrogen and oxygen atoms in total. The summed E-state index contributed by atoms with van der Waals surface area (Å²) in [5, 5.41) is 0. The predicted molar refractivity (Wildman–Crippen MR) is 69.7 cm³/mol. The standard InChI is InChI=1S/C12H14ClF3O3S/c1-8-6-9(2)11(10(7-8)20(13,17)18)19-5-3-4-12(14,15)16/h6-7H,3-5H2,1-2H3. The summed E-state index contributed by atoms with van der Waals surface area (Å²) in [4.78, 5) is -0.219. The Kier molecular flexibility index (Phi) is 5.32. The molecule has 0 fully saturated rings. The van der Waals surface area contributed by atoms with Gasteiger partial charge in [0.15, 0.2) is 0 Å². The van der Waals surface area contributed by atoms with Gasteiger partial charge in [-0.15, -0.1) is 0 Å². The molecule has 0 unspecified atom stereocenters. The number of aryl methyl sites for hydroxylation is 2. The number of halogens is 4. The van der Waals surface area contributed by atoms with E-state index in [4.69, 9.17) is 15.4 Å². The third kappa shape index (κ3) is 5.20. The topological polar surface area (TPSA) is 43.4 Å². The molecule has 0 radical (unpaired) electrons. The van der Waals surface area contributed by atoms with Gasteiger partial charge >= 0.3 is 6.18 Å². The van der Waals surface area contributed by atoms with E-state index in [0.717, 1.165) is 0 Å². The van der Waals surface area contributed by atoms with Gasteiger partial charge in [0.05, 0.1) is 6.61 Å². The molecule has 0 saturated heterocycles. The van der Waals surface area contributed by atoms with Crippen molar-refractivity contribution in [2.45, 2.75) is 37.8 Å². The van der Waals surface area contributed by atoms with Crippen molar-refractivity contribution in [2.24, 2.45) is 0 Å². The summed E-state index contributed by atoms with van der Waals surface area (Å²) in [6, 6.07) is 3.00. The molecule has 1 rings (SSSR count). The number of ether oxygens (including phenoxy) is 1. The first kappa shape index (κ1) is 17.1. The molecule has 0 amide bonds. The van der Waals surface area contributed by atoms with Crippen LogP contribution in [0.1, 0.15) is 24.0 Å². The van der Waals surface area contributed by atoms with Crippen LogP contribution in [-0.2, 0) is 9.05 Å². The lowest BCUT2D eigenvalue weighted by Gasteiger charge is -2.14. The lowest BCUT2D eigenvalue weighted by Crippen LogP contribution is -2.11. The maximum atomic E-state index is 12.0. The Morgan fingerprint density at radius 1 is 1.25 bits per heavy atom. The van der Waals surface area contributed by atoms with Crippen LogP contribution >= 0.6 is 10.7 Å². The van der Waals surface area contributed by atoms with E-state index >= 15 is 0 Å². The largest absolute Gasteiger partial charge is 0.492 e. The number of rotatable bonds is 5. The summed E-state index contributed by atoms with van der Waals surface area (Å²) in [6.07, 6.45) is -5.49. The van der Waals surface area contributed by atoms with Crippen LogP contribution in [0.3, 0.4) is 0 Å². The second-order valence-electron chi connectivity index (χ2n) is 4.41. The van der Waals surface area contributed by atoms with Crippen LogP contribution in [-0.4, -0.2) is 21.2 Å². The average molecular weight is 331 g/mol. The Morgan fingerprint density at radius 2 is 1.85 bits per heavy atom. The number of benzene rings is 1. The lowest BCUT2D eigenvalue weighted by molar-refractivity contribution is -0.136. The van der Waals surface area contributed by atoms with Gasteiger partial charge in [-0.1, -0.05) is 6.07 Å². The van der Waals surface area contributed by atoms with Crippen molar-refractivity contribution in [1.29, 1.82) is 0 Å². The van der Waals surface area contributed by atoms with Crippen LogP contribution in [0, 0.1) is 13.8 Å². The molecule has 0 bridgehead atoms. The first-order valence-corrected chi connectivity index (χ1v) is 8.07. The van der Waals surface area contributed by atoms with E-state index in [1.807, 2.05) is 0 Å². The van der Waals surface area contributed by atoms with Crippen LogP contribution in [0.5, 0.6) is 5.75 Å². The number of hydrogen-bond acceptors (Lipinski definition) is 3. The summed E-state index contributed by atoms with van der Waals surface area (Å²) in [5.41, 5.74) is 1.18. The zero-order valence-corrected chi connectivity index (χ0v) is 12.5. The minimum Gasteiger partial charge on any atom is -0.492 e. The smallest absolute Gasteiger partial charge is 0.389 e. The van der Waals surface area contributed by atoms with Crippen LogP contribution in [0.4, 0.5) is 13.2 Å². The second-order valence-corrected chi connectivity index (χ2v) is 6.95. The van der Waals surface area contributed by atoms with Crippen LogP contribution in [0.15, 0.2) is 17.0 Å². The van der Waals surface area contributed by atoms with Gasteiger partial charge in [0.2, 0.25) is 0 Å². The fraction of sp³-hybridized carbons (Fsp3) is 0.500. The van der Waals surface area contributed by atoms with Gasteiger partial charge in [0, 0.05) is 17.1 Å². The average Bonchev–Trinajstić information content (AvgIpc) is 2.23. The maximum absolute atomic E-state index is 12.0. The Bertz CT molecular complexity index is 582. The maximum Gasteiger partial charge on any atom is 0.389 e. The zero-order valence-electron chi connectivity index (χ0n) is 10.9. The van der Waals surface area contributed by atoms with Gasteiger partial charge in [0.1, 0.15) is 10.6 Å². The Balaban J connectivity index is 2.90. The molecule has 20 heavy (non-hydrogen) atoms. The Hall–Kier alpha value is -0.950. The molecule has 0 aromatic heterocycles. The van der Waals surface area contributed by atoms with E-state index in [-0.39, 0.29) is 23.7 Å². The van der Waals surface area contributed by atoms with E-state index in [0.29, 0.717) is 11.1 Å². The van der Waals surface area contributed by atoms with Crippen LogP contribution in [0.25, 0.3) is 0 Å². The van der Waals surface area contributed by atoms with E-state index in [2.05, 4.69) is 0 Å². The summed E-state index contributed by atoms with van der Waals surface area (Å²) < 4.78 is 64.1. The molecule has 0 spiro atoms. The summed E-state index contributed by atoms with van der Waals surface area (Å²) in [6.45, 7) is 3.06. The molecule has 114 valence electrons. The molecular formula is C12H14ClF3O3S. The molecule has 0 atom stereocenters. The minimum absolute atomic E-state index is 0.00720. The molecule has 1 aromatic rings. The van der Waals surface area contributed by atoms with Gasteiger partial charge in [-0.25, -0.2) is 8.42 Å². The number of alkyl halides is 3. The summed E-state index contributed by atoms with van der Waals surface area (Å²) in [5.74, 6) is 0.00720. The fourth-order valence-electron chi connectivity index (χ4n) is 1.73. The molecule has 0 N–H and O–H groups in total. The third-order valence-corrected chi connectivity index (χ3v) is 3.83. The zero-order chi connectivity index (χ0) is 15.6. The molecule has 0 saturated carbocycles. The van der Waals surface area contributed by atoms with Crippen molar-refractivity contribution in [3.63, 3.8) is 0 Å². The van der Waals surface area contributed by atoms with Crippen LogP contribution < -0.4 is 4.74 Å². The Morgan fingerprint density at radius 3 is 2.35 bits per heavy atom. The van der Waals surface area contributed by atoms with Gasteiger partial charge in [-0.2, -0.15) is 13.2 Å². The quantitative estimate of drug-likeness (QED) is 0.606. The lowest BCUT2D eigenvalue weighted by atomic mass is 10.1. The van der Waals surface area contributed by atoms with Gasteiger partial charge < -0.3 is 4.74 Å². The van der Waals surface area contributed by atoms with Crippen molar-refractivity contribution in [3.8, 4) is 5.75 Å². The summed E-state index contributed by atoms with van der Waals surface area (Å²) in [7, 11) is 1.29. The van der Waals surface area contributed by atoms with E-state index < -0.39 is 21.6 Å². The van der Waals surface area contributed by atoms with Gasteiger partial charge in [-0.05, 0) is 37.5 Å². The normalized spacial score (nSPS) is 12.5. The monoisotopic (exact) mass is 330 g/mol. The van der Waals surface area contributed by atoms with Gasteiger partial charge in [0.25, 0.3) is 9.05 Å². The first-order valence-electron chi connectivity index (χ1n) is 5.76. The van der Waals surface area contributed by atoms with Gasteiger partial charge in [-0.3, -0.25) is 0 Å². The van der Waals surface area contributed by atoms with Crippen LogP contribution in [0.2, 0.25) is 0 Å². The van der Waals surface area contributed by atoms with E-state index in [9.17, 15) is 21.6 Å². The third-order valence-electron chi connectivity index (χ3n) is 2.50. The molecule has 0 heterocycles. The minimum atomic E-state index is -4.26. The second kappa shape index (κ2) is 6.22. The highest BCUT2D eigenvalue weighted by molar-refractivity contribution is 8.13. The fourth-order valence-corrected chi connectivity index (χ4v) is 2.84. The highest BCUT2D eigenvalue weighted by Crippen LogP contribution is 2.32. The molecule has 1 aromatic carbocycles. The van der Waals surface area contributed by atoms with Crippen molar-refractivity contribution in [2.75, 3.05) is 6.61 Å². The molecule has 8 heteroatoms. The number of hydrogen-bond donors (Lipinski definition) is 0. The van der Waals surface area contributed by atoms with Crippen molar-refractivity contribution < 1.29 is 26.3 Å². The van der Waals surface area contributed by atoms with E-state index in [1.165, 1.54) is 6.07 Å². The molecule has 0 aliphatic carbocycles. The highest BCUT2D eigenvalue weighted by atomic mass is 35.7. The predicted octanol–water partition coefficient (Wildman–Crippen LogP) is 3.95. The highest BCUT2D eigenvalue weighted by Gasteiger charge is 2.26. The van der Waals surface area contributed by atoms with Crippen molar-refractivity contribution in [1.82, 2.24) is 0 Å². The van der Waals surface area contributed by atoms with Crippen molar-refractivity contribution >= 4 is 19.7 Å². The summed E-state index contributed by atoms with van der Waals surface area (Å²) >= 11 is 0. The SMILES string of the molecule is Cc1cc(C)c(OCCCC(F)(F)F)c(S(=O)(=O)Cl)c1. The first-order chi connectivity index (χ1) is 9.00. The molecule has 0 aliphatic rings. The van der Waals surface area contributed by atoms with E-state index in [1.54, 1.807) is 19.9 Å². The molecule has 0 aliphatic heterocycles. The van der Waals surface area contributed by atoms with Crippen molar-refractivity contribution in [3.05, 3.63) is 23.3 Å². The molecular weight excluding hydrogens is 317 g/mol. The Labute approximate surface area is 120 Å².